The Morgan fingerprint density at radius 3 is 2.74 bits per heavy atom. The highest BCUT2D eigenvalue weighted by Crippen LogP contribution is 2.40. The zero-order valence-electron chi connectivity index (χ0n) is 17.0. The quantitative estimate of drug-likeness (QED) is 0.524. The topological polar surface area (TPSA) is 90.3 Å². The van der Waals surface area contributed by atoms with Crippen molar-refractivity contribution in [3.63, 3.8) is 0 Å². The molecule has 0 unspecified atom stereocenters. The largest absolute Gasteiger partial charge is 0.495 e. The van der Waals surface area contributed by atoms with Crippen LogP contribution in [-0.2, 0) is 9.53 Å². The number of ether oxygens (including phenoxy) is 2. The minimum atomic E-state index is -0.485. The molecular weight excluding hydrogens is 438 g/mol. The van der Waals surface area contributed by atoms with Crippen LogP contribution in [0.4, 0.5) is 0 Å². The van der Waals surface area contributed by atoms with Crippen LogP contribution in [0.2, 0.25) is 5.02 Å². The number of hydrogen-bond acceptors (Lipinski definition) is 7. The predicted octanol–water partition coefficient (Wildman–Crippen LogP) is 3.13. The van der Waals surface area contributed by atoms with Gasteiger partial charge in [0.15, 0.2) is 5.82 Å². The van der Waals surface area contributed by atoms with E-state index in [4.69, 9.17) is 21.1 Å². The van der Waals surface area contributed by atoms with Gasteiger partial charge in [-0.2, -0.15) is 0 Å². The van der Waals surface area contributed by atoms with E-state index >= 15 is 0 Å². The number of benzene rings is 2. The van der Waals surface area contributed by atoms with E-state index in [0.29, 0.717) is 34.9 Å². The zero-order valence-corrected chi connectivity index (χ0v) is 18.6. The van der Waals surface area contributed by atoms with Gasteiger partial charge in [-0.05, 0) is 17.7 Å². The average Bonchev–Trinajstić information content (AvgIpc) is 3.22. The molecule has 31 heavy (non-hydrogen) atoms. The molecule has 4 rings (SSSR count). The fraction of sp³-hybridized carbons (Fsp3) is 0.286. The van der Waals surface area contributed by atoms with E-state index in [-0.39, 0.29) is 11.9 Å². The summed E-state index contributed by atoms with van der Waals surface area (Å²) in [6.45, 7) is 0.856. The van der Waals surface area contributed by atoms with Crippen molar-refractivity contribution in [2.45, 2.75) is 16.4 Å². The molecule has 3 aromatic rings. The molecule has 0 spiro atoms. The Morgan fingerprint density at radius 2 is 2.03 bits per heavy atom. The number of halogens is 1. The molecule has 1 aliphatic rings. The van der Waals surface area contributed by atoms with Gasteiger partial charge in [0.05, 0.1) is 24.8 Å². The monoisotopic (exact) mass is 459 g/mol. The number of aromatic nitrogens is 3. The normalized spacial score (nSPS) is 17.5. The number of thioether (sulfide) groups is 1. The van der Waals surface area contributed by atoms with Gasteiger partial charge in [0, 0.05) is 19.2 Å². The molecule has 0 bridgehead atoms. The van der Waals surface area contributed by atoms with Crippen LogP contribution in [0.25, 0.3) is 11.4 Å². The Bertz CT molecular complexity index is 1060. The van der Waals surface area contributed by atoms with Crippen LogP contribution in [0, 0.1) is 0 Å². The second kappa shape index (κ2) is 9.59. The molecule has 162 valence electrons. The summed E-state index contributed by atoms with van der Waals surface area (Å²) in [5.41, 5.74) is 5.20. The zero-order chi connectivity index (χ0) is 21.8. The first-order chi connectivity index (χ1) is 15.1. The molecule has 0 saturated carbocycles. The molecular formula is C21H22ClN5O3S. The Balaban J connectivity index is 1.70. The minimum Gasteiger partial charge on any atom is -0.495 e. The van der Waals surface area contributed by atoms with Gasteiger partial charge >= 0.3 is 0 Å². The maximum Gasteiger partial charge on any atom is 0.236 e. The maximum atomic E-state index is 13.0. The Kier molecular flexibility index (Phi) is 6.64. The summed E-state index contributed by atoms with van der Waals surface area (Å²) in [5, 5.41) is 12.2. The van der Waals surface area contributed by atoms with Gasteiger partial charge in [-0.25, -0.2) is 4.68 Å². The number of carbonyl (C=O) groups is 1. The van der Waals surface area contributed by atoms with E-state index in [0.717, 1.165) is 11.1 Å². The number of nitrogens with zero attached hydrogens (tertiary/aromatic N) is 3. The Hall–Kier alpha value is -2.75. The van der Waals surface area contributed by atoms with Crippen molar-refractivity contribution in [3.05, 3.63) is 59.1 Å². The Morgan fingerprint density at radius 1 is 1.23 bits per heavy atom. The van der Waals surface area contributed by atoms with Crippen LogP contribution < -0.4 is 15.5 Å². The van der Waals surface area contributed by atoms with Gasteiger partial charge < -0.3 is 20.2 Å². The number of hydrogen-bond donors (Lipinski definition) is 2. The van der Waals surface area contributed by atoms with Crippen LogP contribution in [-0.4, -0.2) is 53.4 Å². The SMILES string of the molecule is COCCNC(=O)[C@@H]1Sc2nnc(-c3ccccc3)n2N[C@H]1c1ccc(OC)c(Cl)c1. The smallest absolute Gasteiger partial charge is 0.236 e. The van der Waals surface area contributed by atoms with E-state index in [1.54, 1.807) is 20.3 Å². The van der Waals surface area contributed by atoms with Crippen LogP contribution in [0.5, 0.6) is 5.75 Å². The van der Waals surface area contributed by atoms with Crippen LogP contribution >= 0.6 is 23.4 Å². The second-order valence-corrected chi connectivity index (χ2v) is 8.35. The summed E-state index contributed by atoms with van der Waals surface area (Å²) < 4.78 is 12.1. The van der Waals surface area contributed by atoms with E-state index in [1.807, 2.05) is 47.1 Å². The van der Waals surface area contributed by atoms with Crippen molar-refractivity contribution in [1.82, 2.24) is 20.2 Å². The van der Waals surface area contributed by atoms with Crippen LogP contribution in [0.15, 0.2) is 53.7 Å². The standard InChI is InChI=1S/C21H22ClN5O3S/c1-29-11-10-23-20(28)18-17(14-8-9-16(30-2)15(22)12-14)26-27-19(24-25-21(27)31-18)13-6-4-3-5-7-13/h3-9,12,17-18,26H,10-11H2,1-2H3,(H,23,28)/t17-,18+/m0/s1. The Labute approximate surface area is 189 Å². The van der Waals surface area contributed by atoms with Crippen molar-refractivity contribution in [3.8, 4) is 17.1 Å². The first kappa shape index (κ1) is 21.5. The fourth-order valence-corrected chi connectivity index (χ4v) is 4.70. The van der Waals surface area contributed by atoms with E-state index in [1.165, 1.54) is 11.8 Å². The summed E-state index contributed by atoms with van der Waals surface area (Å²) >= 11 is 7.73. The lowest BCUT2D eigenvalue weighted by Crippen LogP contribution is -2.44. The predicted molar refractivity (Wildman–Crippen MR) is 120 cm³/mol. The molecule has 1 aromatic heterocycles. The molecule has 1 aliphatic heterocycles. The molecule has 2 aromatic carbocycles. The number of rotatable bonds is 7. The number of carbonyl (C=O) groups excluding carboxylic acids is 1. The molecule has 0 radical (unpaired) electrons. The highest BCUT2D eigenvalue weighted by atomic mass is 35.5. The fourth-order valence-electron chi connectivity index (χ4n) is 3.33. The summed E-state index contributed by atoms with van der Waals surface area (Å²) in [7, 11) is 3.16. The third-order valence-electron chi connectivity index (χ3n) is 4.87. The van der Waals surface area contributed by atoms with Crippen LogP contribution in [0.3, 0.4) is 0 Å². The molecule has 1 amide bonds. The lowest BCUT2D eigenvalue weighted by Gasteiger charge is -2.33. The molecule has 2 N–H and O–H groups in total. The average molecular weight is 460 g/mol. The molecule has 0 saturated heterocycles. The van der Waals surface area contributed by atoms with Gasteiger partial charge in [0.2, 0.25) is 11.1 Å². The van der Waals surface area contributed by atoms with E-state index in [2.05, 4.69) is 20.9 Å². The first-order valence-electron chi connectivity index (χ1n) is 9.66. The van der Waals surface area contributed by atoms with Gasteiger partial charge in [-0.1, -0.05) is 59.8 Å². The van der Waals surface area contributed by atoms with Crippen molar-refractivity contribution >= 4 is 29.3 Å². The summed E-state index contributed by atoms with van der Waals surface area (Å²) in [6, 6.07) is 14.9. The van der Waals surface area contributed by atoms with Crippen LogP contribution in [0.1, 0.15) is 11.6 Å². The minimum absolute atomic E-state index is 0.123. The molecule has 0 aliphatic carbocycles. The van der Waals surface area contributed by atoms with Crippen molar-refractivity contribution < 1.29 is 14.3 Å². The number of amides is 1. The molecule has 2 atom stereocenters. The highest BCUT2D eigenvalue weighted by molar-refractivity contribution is 8.00. The lowest BCUT2D eigenvalue weighted by atomic mass is 10.0. The van der Waals surface area contributed by atoms with E-state index < -0.39 is 5.25 Å². The maximum absolute atomic E-state index is 13.0. The summed E-state index contributed by atoms with van der Waals surface area (Å²) in [5.74, 6) is 1.12. The highest BCUT2D eigenvalue weighted by Gasteiger charge is 2.38. The molecule has 8 nitrogen and oxygen atoms in total. The number of nitrogens with one attached hydrogen (secondary N) is 2. The summed E-state index contributed by atoms with van der Waals surface area (Å²) in [6.07, 6.45) is 0. The van der Waals surface area contributed by atoms with Crippen molar-refractivity contribution in [1.29, 1.82) is 0 Å². The molecule has 2 heterocycles. The number of methoxy groups -OCH3 is 2. The van der Waals surface area contributed by atoms with Gasteiger partial charge in [0.25, 0.3) is 0 Å². The third-order valence-corrected chi connectivity index (χ3v) is 6.38. The number of fused-ring (bicyclic) bond motifs is 1. The third kappa shape index (κ3) is 4.48. The van der Waals surface area contributed by atoms with Gasteiger partial charge in [-0.15, -0.1) is 10.2 Å². The van der Waals surface area contributed by atoms with Gasteiger partial charge in [0.1, 0.15) is 11.0 Å². The van der Waals surface area contributed by atoms with Gasteiger partial charge in [-0.3, -0.25) is 4.79 Å². The first-order valence-corrected chi connectivity index (χ1v) is 10.9. The van der Waals surface area contributed by atoms with E-state index in [9.17, 15) is 4.79 Å². The second-order valence-electron chi connectivity index (χ2n) is 6.83. The van der Waals surface area contributed by atoms with Crippen molar-refractivity contribution in [2.24, 2.45) is 0 Å². The van der Waals surface area contributed by atoms with Crippen molar-refractivity contribution in [2.75, 3.05) is 32.8 Å². The lowest BCUT2D eigenvalue weighted by molar-refractivity contribution is -0.121. The molecule has 0 fully saturated rings. The molecule has 10 heteroatoms. The summed E-state index contributed by atoms with van der Waals surface area (Å²) in [4.78, 5) is 13.0.